The zero-order chi connectivity index (χ0) is 12.4. The van der Waals surface area contributed by atoms with Gasteiger partial charge in [0.2, 0.25) is 0 Å². The molecule has 0 fully saturated rings. The van der Waals surface area contributed by atoms with Crippen LogP contribution in [-0.4, -0.2) is 25.2 Å². The summed E-state index contributed by atoms with van der Waals surface area (Å²) in [4.78, 5) is 7.72. The van der Waals surface area contributed by atoms with Gasteiger partial charge in [-0.05, 0) is 24.3 Å². The maximum atomic E-state index is 5.02. The van der Waals surface area contributed by atoms with Crippen LogP contribution in [0.25, 0.3) is 11.3 Å². The van der Waals surface area contributed by atoms with E-state index in [0.717, 1.165) is 26.1 Å². The van der Waals surface area contributed by atoms with Crippen LogP contribution < -0.4 is 5.32 Å². The van der Waals surface area contributed by atoms with Crippen molar-refractivity contribution in [2.75, 3.05) is 20.3 Å². The second-order valence-corrected chi connectivity index (χ2v) is 6.48. The van der Waals surface area contributed by atoms with Gasteiger partial charge in [-0.2, -0.15) is 0 Å². The number of rotatable bonds is 5. The van der Waals surface area contributed by atoms with Gasteiger partial charge < -0.3 is 10.1 Å². The minimum absolute atomic E-state index is 0.750. The molecule has 0 bridgehead atoms. The van der Waals surface area contributed by atoms with E-state index in [1.807, 2.05) is 22.7 Å². The molecule has 1 aliphatic rings. The van der Waals surface area contributed by atoms with Gasteiger partial charge in [-0.1, -0.05) is 0 Å². The number of fused-ring (bicyclic) bond motifs is 3. The molecule has 3 rings (SSSR count). The van der Waals surface area contributed by atoms with E-state index in [1.54, 1.807) is 7.11 Å². The summed E-state index contributed by atoms with van der Waals surface area (Å²) >= 11 is 3.71. The summed E-state index contributed by atoms with van der Waals surface area (Å²) in [5.41, 5.74) is 2.59. The predicted octanol–water partition coefficient (Wildman–Crippen LogP) is 2.71. The van der Waals surface area contributed by atoms with E-state index in [-0.39, 0.29) is 0 Å². The molecule has 5 heteroatoms. The molecule has 0 radical (unpaired) electrons. The second-order valence-electron chi connectivity index (χ2n) is 4.31. The fourth-order valence-electron chi connectivity index (χ4n) is 2.20. The van der Waals surface area contributed by atoms with Crippen molar-refractivity contribution in [3.63, 3.8) is 0 Å². The number of hydrogen-bond acceptors (Lipinski definition) is 5. The van der Waals surface area contributed by atoms with Crippen LogP contribution in [0.15, 0.2) is 11.4 Å². The van der Waals surface area contributed by atoms with E-state index in [0.29, 0.717) is 0 Å². The molecule has 3 nitrogen and oxygen atoms in total. The average molecular weight is 280 g/mol. The number of ether oxygens (including phenoxy) is 1. The third kappa shape index (κ3) is 2.36. The molecular formula is C13H16N2OS2. The number of nitrogens with one attached hydrogen (secondary N) is 1. The predicted molar refractivity (Wildman–Crippen MR) is 76.4 cm³/mol. The van der Waals surface area contributed by atoms with Crippen molar-refractivity contribution in [3.8, 4) is 11.3 Å². The van der Waals surface area contributed by atoms with Crippen molar-refractivity contribution in [1.82, 2.24) is 10.3 Å². The first-order chi connectivity index (χ1) is 8.88. The van der Waals surface area contributed by atoms with Crippen molar-refractivity contribution >= 4 is 22.7 Å². The zero-order valence-electron chi connectivity index (χ0n) is 10.4. The minimum atomic E-state index is 0.750. The molecule has 0 saturated heterocycles. The van der Waals surface area contributed by atoms with Crippen molar-refractivity contribution in [3.05, 3.63) is 26.2 Å². The largest absolute Gasteiger partial charge is 0.383 e. The van der Waals surface area contributed by atoms with Gasteiger partial charge in [0, 0.05) is 35.5 Å². The van der Waals surface area contributed by atoms with E-state index >= 15 is 0 Å². The van der Waals surface area contributed by atoms with Crippen molar-refractivity contribution in [2.45, 2.75) is 19.4 Å². The molecule has 0 amide bonds. The molecule has 2 heterocycles. The lowest BCUT2D eigenvalue weighted by Crippen LogP contribution is -2.18. The van der Waals surface area contributed by atoms with Crippen LogP contribution in [0.2, 0.25) is 0 Å². The first kappa shape index (κ1) is 12.3. The smallest absolute Gasteiger partial charge is 0.107 e. The standard InChI is InChI=1S/C13H16N2OS2/c1-16-6-5-14-8-12-15-13-9-4-7-17-10(9)2-3-11(13)18-12/h4,7,14H,2-3,5-6,8H2,1H3. The molecule has 0 atom stereocenters. The number of aromatic nitrogens is 1. The van der Waals surface area contributed by atoms with Crippen molar-refractivity contribution in [1.29, 1.82) is 0 Å². The quantitative estimate of drug-likeness (QED) is 0.855. The Hall–Kier alpha value is -0.750. The summed E-state index contributed by atoms with van der Waals surface area (Å²) in [5.74, 6) is 0. The van der Waals surface area contributed by atoms with Gasteiger partial charge in [-0.15, -0.1) is 22.7 Å². The van der Waals surface area contributed by atoms with Crippen LogP contribution >= 0.6 is 22.7 Å². The third-order valence-electron chi connectivity index (χ3n) is 3.08. The molecule has 0 aromatic carbocycles. The minimum Gasteiger partial charge on any atom is -0.383 e. The summed E-state index contributed by atoms with van der Waals surface area (Å²) in [6.07, 6.45) is 2.33. The molecule has 0 saturated carbocycles. The lowest BCUT2D eigenvalue weighted by Gasteiger charge is -2.09. The molecule has 0 unspecified atom stereocenters. The Morgan fingerprint density at radius 2 is 2.28 bits per heavy atom. The fourth-order valence-corrected chi connectivity index (χ4v) is 4.13. The maximum absolute atomic E-state index is 5.02. The fraction of sp³-hybridized carbons (Fsp3) is 0.462. The Morgan fingerprint density at radius 3 is 3.17 bits per heavy atom. The Balaban J connectivity index is 1.73. The van der Waals surface area contributed by atoms with Crippen LogP contribution in [0.4, 0.5) is 0 Å². The van der Waals surface area contributed by atoms with E-state index in [2.05, 4.69) is 16.8 Å². The highest BCUT2D eigenvalue weighted by molar-refractivity contribution is 7.12. The van der Waals surface area contributed by atoms with Crippen LogP contribution in [-0.2, 0) is 24.1 Å². The van der Waals surface area contributed by atoms with Gasteiger partial charge in [0.1, 0.15) is 5.01 Å². The van der Waals surface area contributed by atoms with E-state index < -0.39 is 0 Å². The Bertz CT molecular complexity index is 533. The third-order valence-corrected chi connectivity index (χ3v) is 5.18. The summed E-state index contributed by atoms with van der Waals surface area (Å²) in [7, 11) is 1.72. The van der Waals surface area contributed by atoms with E-state index in [9.17, 15) is 0 Å². The number of methoxy groups -OCH3 is 1. The number of thiazole rings is 1. The normalized spacial score (nSPS) is 13.4. The van der Waals surface area contributed by atoms with Gasteiger partial charge >= 0.3 is 0 Å². The average Bonchev–Trinajstić information content (AvgIpc) is 2.99. The molecule has 1 aliphatic carbocycles. The monoisotopic (exact) mass is 280 g/mol. The highest BCUT2D eigenvalue weighted by Gasteiger charge is 2.21. The van der Waals surface area contributed by atoms with Gasteiger partial charge in [0.15, 0.2) is 0 Å². The molecule has 18 heavy (non-hydrogen) atoms. The van der Waals surface area contributed by atoms with Crippen molar-refractivity contribution < 1.29 is 4.74 Å². The molecular weight excluding hydrogens is 264 g/mol. The highest BCUT2D eigenvalue weighted by Crippen LogP contribution is 2.38. The molecule has 1 N–H and O–H groups in total. The molecule has 0 spiro atoms. The van der Waals surface area contributed by atoms with Crippen LogP contribution in [0.3, 0.4) is 0 Å². The van der Waals surface area contributed by atoms with Gasteiger partial charge in [-0.3, -0.25) is 0 Å². The van der Waals surface area contributed by atoms with Gasteiger partial charge in [-0.25, -0.2) is 4.98 Å². The van der Waals surface area contributed by atoms with Crippen molar-refractivity contribution in [2.24, 2.45) is 0 Å². The Labute approximate surface area is 115 Å². The summed E-state index contributed by atoms with van der Waals surface area (Å²) < 4.78 is 5.02. The second kappa shape index (κ2) is 5.48. The van der Waals surface area contributed by atoms with E-state index in [4.69, 9.17) is 9.72 Å². The Kier molecular flexibility index (Phi) is 3.75. The number of nitrogens with zero attached hydrogens (tertiary/aromatic N) is 1. The molecule has 0 aliphatic heterocycles. The molecule has 2 aromatic heterocycles. The summed E-state index contributed by atoms with van der Waals surface area (Å²) in [6.45, 7) is 2.48. The highest BCUT2D eigenvalue weighted by atomic mass is 32.1. The maximum Gasteiger partial charge on any atom is 0.107 e. The molecule has 2 aromatic rings. The summed E-state index contributed by atoms with van der Waals surface area (Å²) in [5, 5.41) is 6.72. The summed E-state index contributed by atoms with van der Waals surface area (Å²) in [6, 6.07) is 2.21. The van der Waals surface area contributed by atoms with Gasteiger partial charge in [0.05, 0.1) is 12.3 Å². The first-order valence-corrected chi connectivity index (χ1v) is 7.83. The number of aryl methyl sites for hydroxylation is 2. The number of thiophene rings is 1. The van der Waals surface area contributed by atoms with Gasteiger partial charge in [0.25, 0.3) is 0 Å². The lowest BCUT2D eigenvalue weighted by atomic mass is 10.0. The lowest BCUT2D eigenvalue weighted by molar-refractivity contribution is 0.199. The van der Waals surface area contributed by atoms with Crippen LogP contribution in [0, 0.1) is 0 Å². The first-order valence-electron chi connectivity index (χ1n) is 6.13. The van der Waals surface area contributed by atoms with Crippen LogP contribution in [0.1, 0.15) is 14.8 Å². The van der Waals surface area contributed by atoms with E-state index in [1.165, 1.54) is 32.4 Å². The Morgan fingerprint density at radius 1 is 1.39 bits per heavy atom. The molecule has 96 valence electrons. The zero-order valence-corrected chi connectivity index (χ0v) is 12.0. The number of hydrogen-bond donors (Lipinski definition) is 1. The topological polar surface area (TPSA) is 34.1 Å². The van der Waals surface area contributed by atoms with Crippen LogP contribution in [0.5, 0.6) is 0 Å². The SMILES string of the molecule is COCCNCc1nc2c(s1)CCc1sccc1-2.